The Bertz CT molecular complexity index is 1050. The quantitative estimate of drug-likeness (QED) is 0.539. The minimum absolute atomic E-state index is 0.0889. The number of amides is 1. The summed E-state index contributed by atoms with van der Waals surface area (Å²) in [5.74, 6) is -0.312. The average molecular weight is 418 g/mol. The third-order valence-corrected chi connectivity index (χ3v) is 5.45. The summed E-state index contributed by atoms with van der Waals surface area (Å²) >= 11 is 0. The Hall–Kier alpha value is -3.36. The van der Waals surface area contributed by atoms with E-state index in [4.69, 9.17) is 11.5 Å². The molecule has 1 aliphatic heterocycles. The van der Waals surface area contributed by atoms with Crippen LogP contribution in [0.1, 0.15) is 34.5 Å². The monoisotopic (exact) mass is 417 g/mol. The number of nitrogens with one attached hydrogen (secondary N) is 1. The Morgan fingerprint density at radius 1 is 1.10 bits per heavy atom. The van der Waals surface area contributed by atoms with Gasteiger partial charge in [-0.2, -0.15) is 0 Å². The van der Waals surface area contributed by atoms with E-state index in [2.05, 4.69) is 25.2 Å². The van der Waals surface area contributed by atoms with Crippen molar-refractivity contribution in [2.75, 3.05) is 30.7 Å². The third-order valence-electron chi connectivity index (χ3n) is 5.45. The van der Waals surface area contributed by atoms with Gasteiger partial charge in [-0.1, -0.05) is 24.3 Å². The van der Waals surface area contributed by atoms with Gasteiger partial charge in [-0.25, -0.2) is 9.97 Å². The summed E-state index contributed by atoms with van der Waals surface area (Å²) in [5.41, 5.74) is 16.0. The number of pyridine rings is 1. The minimum Gasteiger partial charge on any atom is -0.382 e. The minimum atomic E-state index is -0.401. The number of likely N-dealkylation sites (tertiary alicyclic amines) is 1. The van der Waals surface area contributed by atoms with Gasteiger partial charge in [0.2, 0.25) is 0 Å². The SMILES string of the molecule is NCCc1ccc(-c2cnc(N)c(C(=O)Nc3cnccc3CN3CCCC3)n2)cc1. The van der Waals surface area contributed by atoms with E-state index in [-0.39, 0.29) is 11.5 Å². The highest BCUT2D eigenvalue weighted by molar-refractivity contribution is 6.06. The molecule has 1 aromatic carbocycles. The first-order chi connectivity index (χ1) is 15.1. The van der Waals surface area contributed by atoms with E-state index < -0.39 is 5.91 Å². The van der Waals surface area contributed by atoms with Crippen LogP contribution in [0, 0.1) is 0 Å². The molecule has 2 aromatic heterocycles. The molecule has 0 spiro atoms. The summed E-state index contributed by atoms with van der Waals surface area (Å²) in [7, 11) is 0. The number of rotatable bonds is 7. The van der Waals surface area contributed by atoms with E-state index in [0.29, 0.717) is 17.9 Å². The largest absolute Gasteiger partial charge is 0.382 e. The molecule has 0 saturated carbocycles. The van der Waals surface area contributed by atoms with Gasteiger partial charge >= 0.3 is 0 Å². The van der Waals surface area contributed by atoms with Crippen LogP contribution >= 0.6 is 0 Å². The highest BCUT2D eigenvalue weighted by Crippen LogP contribution is 2.22. The van der Waals surface area contributed by atoms with Crippen molar-refractivity contribution in [3.05, 3.63) is 65.7 Å². The molecule has 8 nitrogen and oxygen atoms in total. The highest BCUT2D eigenvalue weighted by Gasteiger charge is 2.18. The average Bonchev–Trinajstić information content (AvgIpc) is 3.29. The predicted molar refractivity (Wildman–Crippen MR) is 121 cm³/mol. The number of hydrogen-bond donors (Lipinski definition) is 3. The van der Waals surface area contributed by atoms with Crippen molar-refractivity contribution in [1.29, 1.82) is 0 Å². The van der Waals surface area contributed by atoms with Crippen LogP contribution in [0.3, 0.4) is 0 Å². The van der Waals surface area contributed by atoms with Crippen molar-refractivity contribution in [3.63, 3.8) is 0 Å². The summed E-state index contributed by atoms with van der Waals surface area (Å²) in [6.07, 6.45) is 8.20. The predicted octanol–water partition coefficient (Wildman–Crippen LogP) is 2.47. The van der Waals surface area contributed by atoms with E-state index >= 15 is 0 Å². The molecule has 31 heavy (non-hydrogen) atoms. The Morgan fingerprint density at radius 3 is 2.61 bits per heavy atom. The Labute approximate surface area is 181 Å². The fraction of sp³-hybridized carbons (Fsp3) is 0.304. The molecule has 160 valence electrons. The number of nitrogen functional groups attached to an aromatic ring is 1. The first-order valence-corrected chi connectivity index (χ1v) is 10.5. The molecule has 0 radical (unpaired) electrons. The lowest BCUT2D eigenvalue weighted by atomic mass is 10.1. The number of anilines is 2. The summed E-state index contributed by atoms with van der Waals surface area (Å²) in [5, 5.41) is 2.92. The molecule has 8 heteroatoms. The van der Waals surface area contributed by atoms with Crippen molar-refractivity contribution in [2.24, 2.45) is 5.73 Å². The van der Waals surface area contributed by atoms with Crippen molar-refractivity contribution in [2.45, 2.75) is 25.8 Å². The van der Waals surface area contributed by atoms with E-state index in [1.165, 1.54) is 12.8 Å². The van der Waals surface area contributed by atoms with Crippen LogP contribution < -0.4 is 16.8 Å². The topological polar surface area (TPSA) is 123 Å². The maximum Gasteiger partial charge on any atom is 0.278 e. The van der Waals surface area contributed by atoms with E-state index in [1.54, 1.807) is 18.6 Å². The first-order valence-electron chi connectivity index (χ1n) is 10.5. The van der Waals surface area contributed by atoms with Gasteiger partial charge in [0.1, 0.15) is 0 Å². The van der Waals surface area contributed by atoms with Gasteiger partial charge in [-0.15, -0.1) is 0 Å². The molecule has 3 heterocycles. The van der Waals surface area contributed by atoms with Gasteiger partial charge in [0.25, 0.3) is 5.91 Å². The van der Waals surface area contributed by atoms with Gasteiger partial charge in [0.05, 0.1) is 23.8 Å². The first kappa shape index (κ1) is 20.9. The van der Waals surface area contributed by atoms with Crippen LogP contribution in [0.2, 0.25) is 0 Å². The molecule has 3 aromatic rings. The Balaban J connectivity index is 1.54. The second-order valence-corrected chi connectivity index (χ2v) is 7.69. The Kier molecular flexibility index (Phi) is 6.49. The van der Waals surface area contributed by atoms with Crippen molar-refractivity contribution in [3.8, 4) is 11.3 Å². The second-order valence-electron chi connectivity index (χ2n) is 7.69. The maximum atomic E-state index is 13.0. The molecule has 4 rings (SSSR count). The summed E-state index contributed by atoms with van der Waals surface area (Å²) < 4.78 is 0. The van der Waals surface area contributed by atoms with Gasteiger partial charge in [-0.05, 0) is 56.1 Å². The van der Waals surface area contributed by atoms with Crippen LogP contribution in [0.4, 0.5) is 11.5 Å². The lowest BCUT2D eigenvalue weighted by Gasteiger charge is -2.17. The summed E-state index contributed by atoms with van der Waals surface area (Å²) in [6, 6.07) is 9.83. The van der Waals surface area contributed by atoms with Crippen molar-refractivity contribution >= 4 is 17.4 Å². The summed E-state index contributed by atoms with van der Waals surface area (Å²) in [4.78, 5) is 28.2. The van der Waals surface area contributed by atoms with E-state index in [9.17, 15) is 4.79 Å². The molecular formula is C23H27N7O. The van der Waals surface area contributed by atoms with Crippen LogP contribution in [-0.2, 0) is 13.0 Å². The van der Waals surface area contributed by atoms with Crippen LogP contribution in [-0.4, -0.2) is 45.4 Å². The highest BCUT2D eigenvalue weighted by atomic mass is 16.1. The summed E-state index contributed by atoms with van der Waals surface area (Å²) in [6.45, 7) is 3.51. The lowest BCUT2D eigenvalue weighted by molar-refractivity contribution is 0.102. The van der Waals surface area contributed by atoms with E-state index in [0.717, 1.165) is 42.7 Å². The zero-order chi connectivity index (χ0) is 21.6. The van der Waals surface area contributed by atoms with Crippen molar-refractivity contribution < 1.29 is 4.79 Å². The number of carbonyl (C=O) groups excluding carboxylic acids is 1. The molecule has 0 atom stereocenters. The van der Waals surface area contributed by atoms with Crippen LogP contribution in [0.25, 0.3) is 11.3 Å². The lowest BCUT2D eigenvalue weighted by Crippen LogP contribution is -2.22. The molecule has 1 fully saturated rings. The van der Waals surface area contributed by atoms with E-state index in [1.807, 2.05) is 30.3 Å². The molecule has 1 aliphatic rings. The normalized spacial score (nSPS) is 14.0. The number of carbonyl (C=O) groups is 1. The number of nitrogens with two attached hydrogens (primary N) is 2. The smallest absolute Gasteiger partial charge is 0.278 e. The van der Waals surface area contributed by atoms with Crippen LogP contribution in [0.15, 0.2) is 48.9 Å². The zero-order valence-electron chi connectivity index (χ0n) is 17.4. The van der Waals surface area contributed by atoms with Gasteiger partial charge in [-0.3, -0.25) is 14.7 Å². The van der Waals surface area contributed by atoms with Crippen LogP contribution in [0.5, 0.6) is 0 Å². The molecular weight excluding hydrogens is 390 g/mol. The molecule has 0 bridgehead atoms. The third kappa shape index (κ3) is 5.04. The molecule has 5 N–H and O–H groups in total. The van der Waals surface area contributed by atoms with Gasteiger partial charge < -0.3 is 16.8 Å². The standard InChI is InChI=1S/C23H27N7O/c24-9-7-16-3-5-17(6-4-16)20-14-27-22(25)21(28-20)23(31)29-19-13-26-10-8-18(19)15-30-11-1-2-12-30/h3-6,8,10,13-14H,1-2,7,9,11-12,15,24H2,(H2,25,27)(H,29,31). The number of nitrogens with zero attached hydrogens (tertiary/aromatic N) is 4. The van der Waals surface area contributed by atoms with Crippen molar-refractivity contribution in [1.82, 2.24) is 19.9 Å². The number of benzene rings is 1. The Morgan fingerprint density at radius 2 is 1.87 bits per heavy atom. The number of hydrogen-bond acceptors (Lipinski definition) is 7. The van der Waals surface area contributed by atoms with Gasteiger partial charge in [0, 0.05) is 18.3 Å². The van der Waals surface area contributed by atoms with Gasteiger partial charge in [0.15, 0.2) is 11.5 Å². The second kappa shape index (κ2) is 9.63. The number of aromatic nitrogens is 3. The zero-order valence-corrected chi connectivity index (χ0v) is 17.4. The fourth-order valence-corrected chi connectivity index (χ4v) is 3.75. The maximum absolute atomic E-state index is 13.0. The fourth-order valence-electron chi connectivity index (χ4n) is 3.75. The molecule has 0 aliphatic carbocycles. The molecule has 0 unspecified atom stereocenters. The molecule has 1 amide bonds. The molecule has 1 saturated heterocycles.